The Morgan fingerprint density at radius 2 is 1.60 bits per heavy atom. The molecule has 0 aliphatic carbocycles. The number of benzene rings is 2. The fraction of sp³-hybridized carbons (Fsp3) is 0.235. The number of hydrogen-bond donors (Lipinski definition) is 1. The second kappa shape index (κ2) is 6.87. The molecule has 0 spiro atoms. The van der Waals surface area contributed by atoms with Crippen LogP contribution in [-0.2, 0) is 4.79 Å². The van der Waals surface area contributed by atoms with E-state index in [9.17, 15) is 4.79 Å². The number of carbonyl (C=O) groups is 1. The van der Waals surface area contributed by atoms with Crippen molar-refractivity contribution >= 4 is 11.6 Å². The van der Waals surface area contributed by atoms with E-state index in [1.807, 2.05) is 42.5 Å². The molecule has 104 valence electrons. The summed E-state index contributed by atoms with van der Waals surface area (Å²) < 4.78 is 0. The van der Waals surface area contributed by atoms with E-state index < -0.39 is 0 Å². The van der Waals surface area contributed by atoms with Gasteiger partial charge in [-0.2, -0.15) is 0 Å². The van der Waals surface area contributed by atoms with Gasteiger partial charge in [-0.05, 0) is 29.7 Å². The summed E-state index contributed by atoms with van der Waals surface area (Å²) in [6.45, 7) is 2.06. The quantitative estimate of drug-likeness (QED) is 0.510. The molecule has 0 saturated heterocycles. The zero-order valence-corrected chi connectivity index (χ0v) is 11.8. The molecule has 0 aliphatic rings. The van der Waals surface area contributed by atoms with Crippen LogP contribution in [0.3, 0.4) is 0 Å². The summed E-state index contributed by atoms with van der Waals surface area (Å²) in [7, 11) is 0. The Kier molecular flexibility index (Phi) is 4.91. The predicted octanol–water partition coefficient (Wildman–Crippen LogP) is 3.75. The number of hydrogen-bond acceptors (Lipinski definition) is 2. The highest BCUT2D eigenvalue weighted by molar-refractivity contribution is 5.92. The van der Waals surface area contributed by atoms with Gasteiger partial charge in [0.15, 0.2) is 0 Å². The summed E-state index contributed by atoms with van der Waals surface area (Å²) in [5.74, 6) is 5.81. The molecule has 2 aromatic rings. The van der Waals surface area contributed by atoms with Gasteiger partial charge >= 0.3 is 0 Å². The van der Waals surface area contributed by atoms with Crippen molar-refractivity contribution in [2.45, 2.75) is 26.2 Å². The standard InChI is InChI=1S/C17H20N2O/c1-2-3-9-17(20)19(18)16-12-10-15(11-13-16)14-7-5-4-6-8-14/h4-8,10-13H,2-3,9,18H2,1H3. The van der Waals surface area contributed by atoms with Crippen LogP contribution in [0.4, 0.5) is 5.69 Å². The van der Waals surface area contributed by atoms with Gasteiger partial charge in [-0.1, -0.05) is 55.8 Å². The minimum absolute atomic E-state index is 0.0423. The Balaban J connectivity index is 2.10. The molecule has 20 heavy (non-hydrogen) atoms. The van der Waals surface area contributed by atoms with Crippen LogP contribution in [-0.4, -0.2) is 5.91 Å². The van der Waals surface area contributed by atoms with Gasteiger partial charge in [0.2, 0.25) is 5.91 Å². The Morgan fingerprint density at radius 1 is 1.00 bits per heavy atom. The van der Waals surface area contributed by atoms with Crippen molar-refractivity contribution in [3.63, 3.8) is 0 Å². The highest BCUT2D eigenvalue weighted by Crippen LogP contribution is 2.22. The van der Waals surface area contributed by atoms with Gasteiger partial charge in [0.05, 0.1) is 5.69 Å². The van der Waals surface area contributed by atoms with Crippen LogP contribution in [0.15, 0.2) is 54.6 Å². The number of amides is 1. The van der Waals surface area contributed by atoms with Crippen molar-refractivity contribution in [1.82, 2.24) is 0 Å². The molecule has 0 radical (unpaired) electrons. The number of nitrogens with two attached hydrogens (primary N) is 1. The summed E-state index contributed by atoms with van der Waals surface area (Å²) in [6, 6.07) is 17.8. The van der Waals surface area contributed by atoms with Crippen LogP contribution < -0.4 is 10.9 Å². The van der Waals surface area contributed by atoms with E-state index >= 15 is 0 Å². The predicted molar refractivity (Wildman–Crippen MR) is 83.1 cm³/mol. The normalized spacial score (nSPS) is 10.3. The lowest BCUT2D eigenvalue weighted by Gasteiger charge is -2.17. The smallest absolute Gasteiger partial charge is 0.241 e. The van der Waals surface area contributed by atoms with Crippen LogP contribution in [0.25, 0.3) is 11.1 Å². The fourth-order valence-electron chi connectivity index (χ4n) is 2.04. The second-order valence-electron chi connectivity index (χ2n) is 4.78. The molecule has 2 aromatic carbocycles. The maximum Gasteiger partial charge on any atom is 0.241 e. The second-order valence-corrected chi connectivity index (χ2v) is 4.78. The first-order chi connectivity index (χ1) is 9.72. The van der Waals surface area contributed by atoms with Gasteiger partial charge in [-0.3, -0.25) is 4.79 Å². The minimum atomic E-state index is -0.0423. The summed E-state index contributed by atoms with van der Waals surface area (Å²) in [4.78, 5) is 11.9. The fourth-order valence-corrected chi connectivity index (χ4v) is 2.04. The van der Waals surface area contributed by atoms with E-state index in [1.165, 1.54) is 5.01 Å². The molecular weight excluding hydrogens is 248 g/mol. The zero-order chi connectivity index (χ0) is 14.4. The maximum atomic E-state index is 11.9. The topological polar surface area (TPSA) is 46.3 Å². The first kappa shape index (κ1) is 14.3. The number of anilines is 1. The Labute approximate surface area is 120 Å². The molecule has 0 unspecified atom stereocenters. The molecule has 0 heterocycles. The summed E-state index contributed by atoms with van der Waals surface area (Å²) in [5, 5.41) is 1.24. The van der Waals surface area contributed by atoms with Crippen molar-refractivity contribution in [3.8, 4) is 11.1 Å². The van der Waals surface area contributed by atoms with Crippen molar-refractivity contribution in [3.05, 3.63) is 54.6 Å². The third kappa shape index (κ3) is 3.45. The Bertz CT molecular complexity index is 549. The SMILES string of the molecule is CCCCC(=O)N(N)c1ccc(-c2ccccc2)cc1. The van der Waals surface area contributed by atoms with Gasteiger partial charge in [-0.25, -0.2) is 10.9 Å². The number of carbonyl (C=O) groups excluding carboxylic acids is 1. The minimum Gasteiger partial charge on any atom is -0.273 e. The van der Waals surface area contributed by atoms with Crippen molar-refractivity contribution in [2.24, 2.45) is 5.84 Å². The van der Waals surface area contributed by atoms with Gasteiger partial charge < -0.3 is 0 Å². The monoisotopic (exact) mass is 268 g/mol. The summed E-state index contributed by atoms with van der Waals surface area (Å²) in [5.41, 5.74) is 2.99. The number of hydrazine groups is 1. The molecule has 0 saturated carbocycles. The molecule has 0 bridgehead atoms. The molecule has 0 atom stereocenters. The lowest BCUT2D eigenvalue weighted by atomic mass is 10.1. The third-order valence-corrected chi connectivity index (χ3v) is 3.27. The van der Waals surface area contributed by atoms with Gasteiger partial charge in [0.25, 0.3) is 0 Å². The average Bonchev–Trinajstić information content (AvgIpc) is 2.53. The number of unbranched alkanes of at least 4 members (excludes halogenated alkanes) is 1. The van der Waals surface area contributed by atoms with Gasteiger partial charge in [0.1, 0.15) is 0 Å². The first-order valence-corrected chi connectivity index (χ1v) is 6.95. The first-order valence-electron chi connectivity index (χ1n) is 6.95. The molecular formula is C17H20N2O. The van der Waals surface area contributed by atoms with Gasteiger partial charge in [0, 0.05) is 6.42 Å². The van der Waals surface area contributed by atoms with Crippen molar-refractivity contribution < 1.29 is 4.79 Å². The van der Waals surface area contributed by atoms with Crippen LogP contribution in [0.2, 0.25) is 0 Å². The molecule has 1 amide bonds. The summed E-state index contributed by atoms with van der Waals surface area (Å²) in [6.07, 6.45) is 2.36. The van der Waals surface area contributed by atoms with Crippen LogP contribution in [0.5, 0.6) is 0 Å². The lowest BCUT2D eigenvalue weighted by Crippen LogP contribution is -2.37. The molecule has 0 aromatic heterocycles. The molecule has 2 N–H and O–H groups in total. The van der Waals surface area contributed by atoms with Crippen LogP contribution in [0.1, 0.15) is 26.2 Å². The van der Waals surface area contributed by atoms with Crippen LogP contribution in [0, 0.1) is 0 Å². The lowest BCUT2D eigenvalue weighted by molar-refractivity contribution is -0.118. The maximum absolute atomic E-state index is 11.9. The molecule has 3 heteroatoms. The highest BCUT2D eigenvalue weighted by atomic mass is 16.2. The Hall–Kier alpha value is -2.13. The number of rotatable bonds is 5. The van der Waals surface area contributed by atoms with E-state index in [0.29, 0.717) is 6.42 Å². The van der Waals surface area contributed by atoms with E-state index in [-0.39, 0.29) is 5.91 Å². The van der Waals surface area contributed by atoms with E-state index in [2.05, 4.69) is 19.1 Å². The molecule has 3 nitrogen and oxygen atoms in total. The number of nitrogens with zero attached hydrogens (tertiary/aromatic N) is 1. The van der Waals surface area contributed by atoms with Gasteiger partial charge in [-0.15, -0.1) is 0 Å². The third-order valence-electron chi connectivity index (χ3n) is 3.27. The molecule has 0 fully saturated rings. The van der Waals surface area contributed by atoms with E-state index in [4.69, 9.17) is 5.84 Å². The van der Waals surface area contributed by atoms with Crippen LogP contribution >= 0.6 is 0 Å². The largest absolute Gasteiger partial charge is 0.273 e. The average molecular weight is 268 g/mol. The van der Waals surface area contributed by atoms with E-state index in [0.717, 1.165) is 29.7 Å². The molecule has 0 aliphatic heterocycles. The molecule has 2 rings (SSSR count). The van der Waals surface area contributed by atoms with Crippen molar-refractivity contribution in [1.29, 1.82) is 0 Å². The Morgan fingerprint density at radius 3 is 2.20 bits per heavy atom. The zero-order valence-electron chi connectivity index (χ0n) is 11.8. The summed E-state index contributed by atoms with van der Waals surface area (Å²) >= 11 is 0. The highest BCUT2D eigenvalue weighted by Gasteiger charge is 2.10. The van der Waals surface area contributed by atoms with E-state index in [1.54, 1.807) is 0 Å². The van der Waals surface area contributed by atoms with Crippen molar-refractivity contribution in [2.75, 3.05) is 5.01 Å².